The van der Waals surface area contributed by atoms with Gasteiger partial charge in [0.15, 0.2) is 0 Å². The highest BCUT2D eigenvalue weighted by atomic mass is 32.1. The molecule has 0 aliphatic carbocycles. The number of anilines is 1. The van der Waals surface area contributed by atoms with E-state index in [1.165, 1.54) is 11.3 Å². The van der Waals surface area contributed by atoms with Crippen LogP contribution in [0, 0.1) is 0 Å². The summed E-state index contributed by atoms with van der Waals surface area (Å²) in [5.74, 6) is -0.150. The zero-order valence-electron chi connectivity index (χ0n) is 10.8. The zero-order chi connectivity index (χ0) is 13.4. The number of amides is 1. The number of rotatable bonds is 8. The van der Waals surface area contributed by atoms with Crippen LogP contribution in [-0.4, -0.2) is 68.6 Å². The minimum atomic E-state index is -0.150. The van der Waals surface area contributed by atoms with Crippen LogP contribution in [0.4, 0.5) is 5.13 Å². The smallest absolute Gasteiger partial charge is 0.285 e. The Morgan fingerprint density at radius 1 is 1.28 bits per heavy atom. The van der Waals surface area contributed by atoms with Crippen molar-refractivity contribution in [2.24, 2.45) is 0 Å². The van der Waals surface area contributed by atoms with Gasteiger partial charge in [0.1, 0.15) is 0 Å². The van der Waals surface area contributed by atoms with E-state index in [-0.39, 0.29) is 5.91 Å². The first kappa shape index (κ1) is 14.8. The quantitative estimate of drug-likeness (QED) is 0.735. The van der Waals surface area contributed by atoms with Crippen LogP contribution in [-0.2, 0) is 9.47 Å². The Bertz CT molecular complexity index is 364. The van der Waals surface area contributed by atoms with Crippen molar-refractivity contribution in [3.05, 3.63) is 5.01 Å². The fourth-order valence-electron chi connectivity index (χ4n) is 1.26. The summed E-state index contributed by atoms with van der Waals surface area (Å²) in [6.45, 7) is 1.97. The standard InChI is InChI=1S/C10H18N4O3S/c1-11-10-13-12-8(18-10)9(15)14(4-6-16-2)5-7-17-3/h4-7H2,1-3H3,(H,11,13). The lowest BCUT2D eigenvalue weighted by molar-refractivity contribution is 0.0626. The number of methoxy groups -OCH3 is 2. The van der Waals surface area contributed by atoms with Gasteiger partial charge in [-0.3, -0.25) is 4.79 Å². The highest BCUT2D eigenvalue weighted by molar-refractivity contribution is 7.17. The molecule has 0 unspecified atom stereocenters. The first-order chi connectivity index (χ1) is 8.72. The van der Waals surface area contributed by atoms with Crippen LogP contribution in [0.25, 0.3) is 0 Å². The van der Waals surface area contributed by atoms with Gasteiger partial charge in [-0.25, -0.2) is 0 Å². The van der Waals surface area contributed by atoms with Crippen molar-refractivity contribution in [3.8, 4) is 0 Å². The van der Waals surface area contributed by atoms with Crippen LogP contribution in [0.3, 0.4) is 0 Å². The highest BCUT2D eigenvalue weighted by Crippen LogP contribution is 2.16. The van der Waals surface area contributed by atoms with E-state index in [0.717, 1.165) is 0 Å². The minimum Gasteiger partial charge on any atom is -0.383 e. The van der Waals surface area contributed by atoms with E-state index >= 15 is 0 Å². The molecule has 1 N–H and O–H groups in total. The maximum atomic E-state index is 12.2. The van der Waals surface area contributed by atoms with Gasteiger partial charge in [-0.1, -0.05) is 11.3 Å². The van der Waals surface area contributed by atoms with Gasteiger partial charge in [-0.05, 0) is 0 Å². The van der Waals surface area contributed by atoms with E-state index in [9.17, 15) is 4.79 Å². The molecule has 0 aliphatic rings. The minimum absolute atomic E-state index is 0.150. The molecule has 0 saturated carbocycles. The maximum absolute atomic E-state index is 12.2. The predicted molar refractivity (Wildman–Crippen MR) is 69.1 cm³/mol. The van der Waals surface area contributed by atoms with Gasteiger partial charge in [0.2, 0.25) is 10.1 Å². The van der Waals surface area contributed by atoms with E-state index in [1.54, 1.807) is 26.2 Å². The van der Waals surface area contributed by atoms with Crippen molar-refractivity contribution < 1.29 is 14.3 Å². The third kappa shape index (κ3) is 4.21. The van der Waals surface area contributed by atoms with Gasteiger partial charge >= 0.3 is 0 Å². The van der Waals surface area contributed by atoms with Gasteiger partial charge in [-0.15, -0.1) is 10.2 Å². The molecular formula is C10H18N4O3S. The first-order valence-corrected chi connectivity index (χ1v) is 6.33. The first-order valence-electron chi connectivity index (χ1n) is 5.51. The molecule has 0 atom stereocenters. The molecule has 7 nitrogen and oxygen atoms in total. The van der Waals surface area contributed by atoms with Gasteiger partial charge < -0.3 is 19.7 Å². The van der Waals surface area contributed by atoms with Crippen molar-refractivity contribution in [1.82, 2.24) is 15.1 Å². The number of carbonyl (C=O) groups is 1. The largest absolute Gasteiger partial charge is 0.383 e. The maximum Gasteiger partial charge on any atom is 0.285 e. The SMILES string of the molecule is CNc1nnc(C(=O)N(CCOC)CCOC)s1. The number of ether oxygens (including phenoxy) is 2. The summed E-state index contributed by atoms with van der Waals surface area (Å²) >= 11 is 1.23. The van der Waals surface area contributed by atoms with Crippen molar-refractivity contribution in [2.45, 2.75) is 0 Å². The monoisotopic (exact) mass is 274 g/mol. The van der Waals surface area contributed by atoms with E-state index in [4.69, 9.17) is 9.47 Å². The molecular weight excluding hydrogens is 256 g/mol. The van der Waals surface area contributed by atoms with E-state index < -0.39 is 0 Å². The van der Waals surface area contributed by atoms with E-state index in [0.29, 0.717) is 36.4 Å². The van der Waals surface area contributed by atoms with E-state index in [1.807, 2.05) is 0 Å². The van der Waals surface area contributed by atoms with Gasteiger partial charge in [0.25, 0.3) is 5.91 Å². The molecule has 102 valence electrons. The highest BCUT2D eigenvalue weighted by Gasteiger charge is 2.19. The molecule has 18 heavy (non-hydrogen) atoms. The lowest BCUT2D eigenvalue weighted by Crippen LogP contribution is -2.36. The van der Waals surface area contributed by atoms with Crippen molar-refractivity contribution in [1.29, 1.82) is 0 Å². The normalized spacial score (nSPS) is 10.4. The summed E-state index contributed by atoms with van der Waals surface area (Å²) in [6.07, 6.45) is 0. The number of nitrogens with one attached hydrogen (secondary N) is 1. The Labute approximate surface area is 110 Å². The molecule has 0 radical (unpaired) electrons. The lowest BCUT2D eigenvalue weighted by Gasteiger charge is -2.20. The molecule has 0 bridgehead atoms. The second-order valence-electron chi connectivity index (χ2n) is 3.44. The second kappa shape index (κ2) is 7.96. The zero-order valence-corrected chi connectivity index (χ0v) is 11.6. The Hall–Kier alpha value is -1.25. The topological polar surface area (TPSA) is 76.6 Å². The molecule has 8 heteroatoms. The molecule has 0 spiro atoms. The third-order valence-electron chi connectivity index (χ3n) is 2.24. The average molecular weight is 274 g/mol. The fraction of sp³-hybridized carbons (Fsp3) is 0.700. The van der Waals surface area contributed by atoms with Gasteiger partial charge in [-0.2, -0.15) is 0 Å². The van der Waals surface area contributed by atoms with Crippen LogP contribution in [0.2, 0.25) is 0 Å². The summed E-state index contributed by atoms with van der Waals surface area (Å²) in [7, 11) is 4.94. The van der Waals surface area contributed by atoms with Crippen LogP contribution in [0.1, 0.15) is 9.80 Å². The molecule has 1 rings (SSSR count). The molecule has 1 heterocycles. The van der Waals surface area contributed by atoms with Crippen LogP contribution in [0.5, 0.6) is 0 Å². The van der Waals surface area contributed by atoms with Gasteiger partial charge in [0, 0.05) is 34.4 Å². The molecule has 1 aromatic heterocycles. The van der Waals surface area contributed by atoms with Crippen molar-refractivity contribution in [3.63, 3.8) is 0 Å². The Balaban J connectivity index is 2.67. The number of carbonyl (C=O) groups excluding carboxylic acids is 1. The molecule has 1 aromatic rings. The Morgan fingerprint density at radius 3 is 2.33 bits per heavy atom. The Morgan fingerprint density at radius 2 is 1.89 bits per heavy atom. The lowest BCUT2D eigenvalue weighted by atomic mass is 10.4. The van der Waals surface area contributed by atoms with Crippen molar-refractivity contribution >= 4 is 22.4 Å². The van der Waals surface area contributed by atoms with Crippen molar-refractivity contribution in [2.75, 3.05) is 52.9 Å². The summed E-state index contributed by atoms with van der Waals surface area (Å²) in [6, 6.07) is 0. The summed E-state index contributed by atoms with van der Waals surface area (Å²) < 4.78 is 9.97. The molecule has 0 saturated heterocycles. The second-order valence-corrected chi connectivity index (χ2v) is 4.42. The van der Waals surface area contributed by atoms with Crippen LogP contribution >= 0.6 is 11.3 Å². The summed E-state index contributed by atoms with van der Waals surface area (Å²) in [5, 5.41) is 11.5. The average Bonchev–Trinajstić information content (AvgIpc) is 2.87. The predicted octanol–water partition coefficient (Wildman–Crippen LogP) is 0.315. The van der Waals surface area contributed by atoms with Gasteiger partial charge in [0.05, 0.1) is 13.2 Å². The molecule has 0 aromatic carbocycles. The third-order valence-corrected chi connectivity index (χ3v) is 3.17. The number of nitrogens with zero attached hydrogens (tertiary/aromatic N) is 3. The molecule has 0 aliphatic heterocycles. The molecule has 1 amide bonds. The number of hydrogen-bond acceptors (Lipinski definition) is 7. The Kier molecular flexibility index (Phi) is 6.55. The summed E-state index contributed by atoms with van der Waals surface area (Å²) in [4.78, 5) is 13.8. The molecule has 0 fully saturated rings. The summed E-state index contributed by atoms with van der Waals surface area (Å²) in [5.41, 5.74) is 0. The number of hydrogen-bond donors (Lipinski definition) is 1. The number of aromatic nitrogens is 2. The van der Waals surface area contributed by atoms with E-state index in [2.05, 4.69) is 15.5 Å². The fourth-order valence-corrected chi connectivity index (χ4v) is 1.93. The van der Waals surface area contributed by atoms with Crippen LogP contribution in [0.15, 0.2) is 0 Å². The van der Waals surface area contributed by atoms with Crippen LogP contribution < -0.4 is 5.32 Å².